The summed E-state index contributed by atoms with van der Waals surface area (Å²) in [6.45, 7) is 7.75. The minimum Gasteiger partial charge on any atom is -0.370 e. The molecule has 1 fully saturated rings. The van der Waals surface area contributed by atoms with Crippen LogP contribution in [0.2, 0.25) is 0 Å². The van der Waals surface area contributed by atoms with Crippen LogP contribution in [0, 0.1) is 0 Å². The van der Waals surface area contributed by atoms with E-state index in [1.807, 2.05) is 18.2 Å². The Hall–Kier alpha value is -1.39. The molecule has 0 atom stereocenters. The van der Waals surface area contributed by atoms with E-state index in [-0.39, 0.29) is 0 Å². The highest BCUT2D eigenvalue weighted by molar-refractivity contribution is 6.01. The topological polar surface area (TPSA) is 26.8 Å². The van der Waals surface area contributed by atoms with Crippen molar-refractivity contribution >= 4 is 11.5 Å². The van der Waals surface area contributed by atoms with Gasteiger partial charge in [0, 0.05) is 63.5 Å². The molecule has 0 spiro atoms. The molecule has 4 heteroatoms. The second-order valence-electron chi connectivity index (χ2n) is 6.18. The number of para-hydroxylation sites is 1. The maximum atomic E-state index is 12.2. The highest BCUT2D eigenvalue weighted by Gasteiger charge is 2.21. The molecule has 0 saturated carbocycles. The van der Waals surface area contributed by atoms with Gasteiger partial charge in [0.1, 0.15) is 0 Å². The van der Waals surface area contributed by atoms with Gasteiger partial charge in [-0.3, -0.25) is 9.69 Å². The maximum Gasteiger partial charge on any atom is 0.165 e. The minimum absolute atomic E-state index is 0.299. The average Bonchev–Trinajstić information content (AvgIpc) is 2.67. The third kappa shape index (κ3) is 3.44. The standard InChI is InChI=1S/C17H25N3O/c1-18-9-11-19(12-10-18)13-14-20-8-4-7-17(21)15-5-2-3-6-16(15)20/h2-3,5-6H,4,7-14H2,1H3. The molecule has 2 aliphatic rings. The smallest absolute Gasteiger partial charge is 0.165 e. The molecule has 2 aliphatic heterocycles. The average molecular weight is 287 g/mol. The van der Waals surface area contributed by atoms with Crippen molar-refractivity contribution in [1.29, 1.82) is 0 Å². The van der Waals surface area contributed by atoms with Crippen LogP contribution < -0.4 is 4.90 Å². The Morgan fingerprint density at radius 1 is 1.00 bits per heavy atom. The van der Waals surface area contributed by atoms with Crippen molar-refractivity contribution in [3.63, 3.8) is 0 Å². The molecule has 0 amide bonds. The number of carbonyl (C=O) groups is 1. The third-order valence-corrected chi connectivity index (χ3v) is 4.66. The molecule has 1 aromatic carbocycles. The molecule has 0 bridgehead atoms. The van der Waals surface area contributed by atoms with Crippen LogP contribution in [-0.4, -0.2) is 68.4 Å². The lowest BCUT2D eigenvalue weighted by Crippen LogP contribution is -2.47. The zero-order valence-electron chi connectivity index (χ0n) is 12.9. The van der Waals surface area contributed by atoms with E-state index in [9.17, 15) is 4.79 Å². The fraction of sp³-hybridized carbons (Fsp3) is 0.588. The lowest BCUT2D eigenvalue weighted by atomic mass is 10.1. The number of nitrogens with zero attached hydrogens (tertiary/aromatic N) is 3. The van der Waals surface area contributed by atoms with E-state index in [0.29, 0.717) is 12.2 Å². The first-order chi connectivity index (χ1) is 10.2. The number of rotatable bonds is 3. The van der Waals surface area contributed by atoms with Crippen LogP contribution in [0.15, 0.2) is 24.3 Å². The summed E-state index contributed by atoms with van der Waals surface area (Å²) < 4.78 is 0. The molecule has 3 rings (SSSR count). The number of hydrogen-bond donors (Lipinski definition) is 0. The quantitative estimate of drug-likeness (QED) is 0.846. The van der Waals surface area contributed by atoms with Crippen LogP contribution in [0.4, 0.5) is 5.69 Å². The Morgan fingerprint density at radius 2 is 1.76 bits per heavy atom. The minimum atomic E-state index is 0.299. The second kappa shape index (κ2) is 6.58. The first-order valence-corrected chi connectivity index (χ1v) is 8.02. The van der Waals surface area contributed by atoms with Crippen molar-refractivity contribution in [1.82, 2.24) is 9.80 Å². The zero-order chi connectivity index (χ0) is 14.7. The zero-order valence-corrected chi connectivity index (χ0v) is 12.9. The van der Waals surface area contributed by atoms with Gasteiger partial charge in [-0.25, -0.2) is 0 Å². The monoisotopic (exact) mass is 287 g/mol. The summed E-state index contributed by atoms with van der Waals surface area (Å²) in [5.74, 6) is 0.299. The molecular weight excluding hydrogens is 262 g/mol. The van der Waals surface area contributed by atoms with Crippen molar-refractivity contribution in [2.45, 2.75) is 12.8 Å². The number of hydrogen-bond acceptors (Lipinski definition) is 4. The van der Waals surface area contributed by atoms with Gasteiger partial charge in [0.2, 0.25) is 0 Å². The third-order valence-electron chi connectivity index (χ3n) is 4.66. The summed E-state index contributed by atoms with van der Waals surface area (Å²) >= 11 is 0. The summed E-state index contributed by atoms with van der Waals surface area (Å²) in [5.41, 5.74) is 2.04. The molecule has 0 unspecified atom stereocenters. The number of likely N-dealkylation sites (N-methyl/N-ethyl adjacent to an activating group) is 1. The molecule has 21 heavy (non-hydrogen) atoms. The van der Waals surface area contributed by atoms with Crippen molar-refractivity contribution in [3.8, 4) is 0 Å². The van der Waals surface area contributed by atoms with Crippen LogP contribution >= 0.6 is 0 Å². The van der Waals surface area contributed by atoms with Gasteiger partial charge in [-0.1, -0.05) is 12.1 Å². The van der Waals surface area contributed by atoms with Crippen LogP contribution in [0.5, 0.6) is 0 Å². The van der Waals surface area contributed by atoms with Gasteiger partial charge in [-0.2, -0.15) is 0 Å². The summed E-state index contributed by atoms with van der Waals surface area (Å²) in [6, 6.07) is 8.09. The summed E-state index contributed by atoms with van der Waals surface area (Å²) in [7, 11) is 2.19. The number of ketones is 1. The van der Waals surface area contributed by atoms with Crippen molar-refractivity contribution in [2.24, 2.45) is 0 Å². The molecular formula is C17H25N3O. The van der Waals surface area contributed by atoms with Gasteiger partial charge in [-0.15, -0.1) is 0 Å². The SMILES string of the molecule is CN1CCN(CCN2CCCC(=O)c3ccccc32)CC1. The van der Waals surface area contributed by atoms with Crippen LogP contribution in [0.3, 0.4) is 0 Å². The molecule has 0 aromatic heterocycles. The van der Waals surface area contributed by atoms with Gasteiger partial charge in [0.15, 0.2) is 5.78 Å². The molecule has 1 saturated heterocycles. The predicted octanol–water partition coefficient (Wildman–Crippen LogP) is 1.72. The lowest BCUT2D eigenvalue weighted by Gasteiger charge is -2.34. The van der Waals surface area contributed by atoms with E-state index >= 15 is 0 Å². The van der Waals surface area contributed by atoms with E-state index in [2.05, 4.69) is 27.8 Å². The number of Topliss-reactive ketones (excluding diaryl/α,β-unsaturated/α-hetero) is 1. The summed E-state index contributed by atoms with van der Waals surface area (Å²) in [5, 5.41) is 0. The molecule has 4 nitrogen and oxygen atoms in total. The van der Waals surface area contributed by atoms with Crippen LogP contribution in [0.1, 0.15) is 23.2 Å². The van der Waals surface area contributed by atoms with Gasteiger partial charge < -0.3 is 9.80 Å². The van der Waals surface area contributed by atoms with E-state index < -0.39 is 0 Å². The Balaban J connectivity index is 1.65. The number of fused-ring (bicyclic) bond motifs is 1. The van der Waals surface area contributed by atoms with Gasteiger partial charge in [0.25, 0.3) is 0 Å². The van der Waals surface area contributed by atoms with E-state index in [0.717, 1.165) is 63.5 Å². The highest BCUT2D eigenvalue weighted by atomic mass is 16.1. The maximum absolute atomic E-state index is 12.2. The first kappa shape index (κ1) is 14.5. The highest BCUT2D eigenvalue weighted by Crippen LogP contribution is 2.25. The predicted molar refractivity (Wildman–Crippen MR) is 86.2 cm³/mol. The largest absolute Gasteiger partial charge is 0.370 e. The molecule has 0 radical (unpaired) electrons. The fourth-order valence-electron chi connectivity index (χ4n) is 3.24. The molecule has 0 aliphatic carbocycles. The fourth-order valence-corrected chi connectivity index (χ4v) is 3.24. The molecule has 114 valence electrons. The number of anilines is 1. The van der Waals surface area contributed by atoms with Gasteiger partial charge >= 0.3 is 0 Å². The van der Waals surface area contributed by atoms with E-state index in [1.165, 1.54) is 0 Å². The molecule has 2 heterocycles. The van der Waals surface area contributed by atoms with Crippen LogP contribution in [0.25, 0.3) is 0 Å². The van der Waals surface area contributed by atoms with Gasteiger partial charge in [-0.05, 0) is 25.6 Å². The molecule has 0 N–H and O–H groups in total. The van der Waals surface area contributed by atoms with Crippen molar-refractivity contribution < 1.29 is 4.79 Å². The second-order valence-corrected chi connectivity index (χ2v) is 6.18. The summed E-state index contributed by atoms with van der Waals surface area (Å²) in [6.07, 6.45) is 1.65. The summed E-state index contributed by atoms with van der Waals surface area (Å²) in [4.78, 5) is 19.5. The molecule has 1 aromatic rings. The Kier molecular flexibility index (Phi) is 4.56. The van der Waals surface area contributed by atoms with E-state index in [1.54, 1.807) is 0 Å². The van der Waals surface area contributed by atoms with Crippen molar-refractivity contribution in [2.75, 3.05) is 57.8 Å². The number of piperazine rings is 1. The normalized spacial score (nSPS) is 21.2. The Labute approximate surface area is 127 Å². The van der Waals surface area contributed by atoms with Crippen LogP contribution in [-0.2, 0) is 0 Å². The number of carbonyl (C=O) groups excluding carboxylic acids is 1. The lowest BCUT2D eigenvalue weighted by molar-refractivity contribution is 0.0984. The first-order valence-electron chi connectivity index (χ1n) is 8.02. The number of benzene rings is 1. The van der Waals surface area contributed by atoms with Crippen molar-refractivity contribution in [3.05, 3.63) is 29.8 Å². The van der Waals surface area contributed by atoms with E-state index in [4.69, 9.17) is 0 Å². The van der Waals surface area contributed by atoms with Gasteiger partial charge in [0.05, 0.1) is 0 Å². The Morgan fingerprint density at radius 3 is 2.57 bits per heavy atom. The Bertz CT molecular complexity index is 495.